The maximum atomic E-state index is 12.3. The SMILES string of the molecule is CC1CCCC(C)N1C(=O)CN(C)C1CNC1. The van der Waals surface area contributed by atoms with Gasteiger partial charge in [0.05, 0.1) is 6.54 Å². The second kappa shape index (κ2) is 5.36. The van der Waals surface area contributed by atoms with E-state index in [1.165, 1.54) is 6.42 Å². The fraction of sp³-hybridized carbons (Fsp3) is 0.923. The summed E-state index contributed by atoms with van der Waals surface area (Å²) in [5, 5.41) is 3.25. The standard InChI is InChI=1S/C13H25N3O/c1-10-5-4-6-11(2)16(10)13(17)9-15(3)12-7-14-8-12/h10-12,14H,4-9H2,1-3H3. The molecule has 1 N–H and O–H groups in total. The zero-order valence-electron chi connectivity index (χ0n) is 11.3. The number of hydrogen-bond donors (Lipinski definition) is 1. The predicted molar refractivity (Wildman–Crippen MR) is 68.9 cm³/mol. The van der Waals surface area contributed by atoms with E-state index in [9.17, 15) is 4.79 Å². The third-order valence-electron chi connectivity index (χ3n) is 4.25. The highest BCUT2D eigenvalue weighted by atomic mass is 16.2. The molecule has 2 atom stereocenters. The first kappa shape index (κ1) is 12.8. The number of rotatable bonds is 3. The molecule has 2 unspecified atom stereocenters. The Morgan fingerprint density at radius 1 is 1.29 bits per heavy atom. The number of amides is 1. The van der Waals surface area contributed by atoms with Crippen molar-refractivity contribution in [2.24, 2.45) is 0 Å². The Kier molecular flexibility index (Phi) is 4.05. The van der Waals surface area contributed by atoms with E-state index in [0.29, 0.717) is 30.6 Å². The molecule has 0 radical (unpaired) electrons. The molecule has 0 bridgehead atoms. The van der Waals surface area contributed by atoms with Crippen LogP contribution in [0.2, 0.25) is 0 Å². The number of piperidine rings is 1. The second-order valence-corrected chi connectivity index (χ2v) is 5.66. The molecule has 0 aromatic carbocycles. The maximum absolute atomic E-state index is 12.3. The van der Waals surface area contributed by atoms with E-state index in [1.54, 1.807) is 0 Å². The van der Waals surface area contributed by atoms with Crippen LogP contribution in [0.4, 0.5) is 0 Å². The summed E-state index contributed by atoms with van der Waals surface area (Å²) in [4.78, 5) is 16.6. The molecule has 0 saturated carbocycles. The molecule has 2 saturated heterocycles. The van der Waals surface area contributed by atoms with E-state index in [1.807, 2.05) is 0 Å². The minimum absolute atomic E-state index is 0.305. The molecule has 4 heteroatoms. The van der Waals surface area contributed by atoms with Gasteiger partial charge in [-0.05, 0) is 40.2 Å². The van der Waals surface area contributed by atoms with Gasteiger partial charge in [-0.25, -0.2) is 0 Å². The van der Waals surface area contributed by atoms with Crippen molar-refractivity contribution in [3.8, 4) is 0 Å². The van der Waals surface area contributed by atoms with E-state index in [0.717, 1.165) is 25.9 Å². The number of likely N-dealkylation sites (N-methyl/N-ethyl adjacent to an activating group) is 1. The highest BCUT2D eigenvalue weighted by Crippen LogP contribution is 2.22. The van der Waals surface area contributed by atoms with Gasteiger partial charge < -0.3 is 10.2 Å². The molecule has 17 heavy (non-hydrogen) atoms. The van der Waals surface area contributed by atoms with Gasteiger partial charge in [0.25, 0.3) is 0 Å². The first-order valence-electron chi connectivity index (χ1n) is 6.81. The zero-order valence-corrected chi connectivity index (χ0v) is 11.3. The van der Waals surface area contributed by atoms with Crippen LogP contribution in [-0.4, -0.2) is 60.5 Å². The topological polar surface area (TPSA) is 35.6 Å². The Labute approximate surface area is 104 Å². The van der Waals surface area contributed by atoms with Crippen molar-refractivity contribution in [2.45, 2.75) is 51.2 Å². The molecule has 2 aliphatic rings. The van der Waals surface area contributed by atoms with E-state index < -0.39 is 0 Å². The molecule has 2 rings (SSSR count). The molecule has 2 fully saturated rings. The van der Waals surface area contributed by atoms with Crippen molar-refractivity contribution >= 4 is 5.91 Å². The second-order valence-electron chi connectivity index (χ2n) is 5.66. The molecular weight excluding hydrogens is 214 g/mol. The minimum atomic E-state index is 0.305. The van der Waals surface area contributed by atoms with Crippen LogP contribution in [0.3, 0.4) is 0 Å². The third-order valence-corrected chi connectivity index (χ3v) is 4.25. The number of likely N-dealkylation sites (tertiary alicyclic amines) is 1. The Morgan fingerprint density at radius 3 is 2.35 bits per heavy atom. The van der Waals surface area contributed by atoms with Crippen LogP contribution in [0.25, 0.3) is 0 Å². The van der Waals surface area contributed by atoms with Gasteiger partial charge in [-0.15, -0.1) is 0 Å². The molecule has 0 aromatic rings. The lowest BCUT2D eigenvalue weighted by Crippen LogP contribution is -2.59. The van der Waals surface area contributed by atoms with E-state index in [-0.39, 0.29) is 0 Å². The van der Waals surface area contributed by atoms with E-state index in [2.05, 4.69) is 36.0 Å². The lowest BCUT2D eigenvalue weighted by Gasteiger charge is -2.41. The molecule has 98 valence electrons. The van der Waals surface area contributed by atoms with Gasteiger partial charge in [0.1, 0.15) is 0 Å². The third kappa shape index (κ3) is 2.80. The molecule has 0 aliphatic carbocycles. The summed E-state index contributed by atoms with van der Waals surface area (Å²) in [7, 11) is 2.06. The van der Waals surface area contributed by atoms with Crippen molar-refractivity contribution < 1.29 is 4.79 Å². The average Bonchev–Trinajstić information content (AvgIpc) is 2.13. The van der Waals surface area contributed by atoms with Crippen LogP contribution in [0.1, 0.15) is 33.1 Å². The van der Waals surface area contributed by atoms with Crippen LogP contribution in [0.5, 0.6) is 0 Å². The predicted octanol–water partition coefficient (Wildman–Crippen LogP) is 0.680. The van der Waals surface area contributed by atoms with Crippen LogP contribution < -0.4 is 5.32 Å². The largest absolute Gasteiger partial charge is 0.336 e. The molecule has 1 amide bonds. The molecule has 2 aliphatic heterocycles. The highest BCUT2D eigenvalue weighted by Gasteiger charge is 2.31. The summed E-state index contributed by atoms with van der Waals surface area (Å²) in [5.41, 5.74) is 0. The van der Waals surface area contributed by atoms with Gasteiger partial charge in [0.2, 0.25) is 5.91 Å². The van der Waals surface area contributed by atoms with Crippen molar-refractivity contribution in [1.82, 2.24) is 15.1 Å². The summed E-state index contributed by atoms with van der Waals surface area (Å²) in [6, 6.07) is 1.38. The lowest BCUT2D eigenvalue weighted by molar-refractivity contribution is -0.138. The molecule has 2 heterocycles. The summed E-state index contributed by atoms with van der Waals surface area (Å²) >= 11 is 0. The fourth-order valence-corrected chi connectivity index (χ4v) is 2.92. The summed E-state index contributed by atoms with van der Waals surface area (Å²) < 4.78 is 0. The highest BCUT2D eigenvalue weighted by molar-refractivity contribution is 5.79. The number of carbonyl (C=O) groups excluding carboxylic acids is 1. The van der Waals surface area contributed by atoms with Gasteiger partial charge >= 0.3 is 0 Å². The van der Waals surface area contributed by atoms with Crippen molar-refractivity contribution in [2.75, 3.05) is 26.7 Å². The van der Waals surface area contributed by atoms with Crippen molar-refractivity contribution in [3.05, 3.63) is 0 Å². The number of carbonyl (C=O) groups is 1. The smallest absolute Gasteiger partial charge is 0.237 e. The Bertz CT molecular complexity index is 268. The fourth-order valence-electron chi connectivity index (χ4n) is 2.92. The van der Waals surface area contributed by atoms with Gasteiger partial charge in [-0.1, -0.05) is 0 Å². The number of nitrogens with one attached hydrogen (secondary N) is 1. The van der Waals surface area contributed by atoms with Crippen LogP contribution in [-0.2, 0) is 4.79 Å². The average molecular weight is 239 g/mol. The maximum Gasteiger partial charge on any atom is 0.237 e. The van der Waals surface area contributed by atoms with Gasteiger partial charge in [0, 0.05) is 31.2 Å². The van der Waals surface area contributed by atoms with Crippen LogP contribution in [0.15, 0.2) is 0 Å². The summed E-state index contributed by atoms with van der Waals surface area (Å²) in [5.74, 6) is 0.305. The molecule has 0 aromatic heterocycles. The summed E-state index contributed by atoms with van der Waals surface area (Å²) in [6.07, 6.45) is 3.57. The van der Waals surface area contributed by atoms with Crippen molar-refractivity contribution in [1.29, 1.82) is 0 Å². The first-order valence-corrected chi connectivity index (χ1v) is 6.81. The molecule has 4 nitrogen and oxygen atoms in total. The lowest BCUT2D eigenvalue weighted by atomic mass is 9.97. The van der Waals surface area contributed by atoms with Crippen LogP contribution >= 0.6 is 0 Å². The Hall–Kier alpha value is -0.610. The normalized spacial score (nSPS) is 30.5. The van der Waals surface area contributed by atoms with Crippen LogP contribution in [0, 0.1) is 0 Å². The number of nitrogens with zero attached hydrogens (tertiary/aromatic N) is 2. The Balaban J connectivity index is 1.88. The number of hydrogen-bond acceptors (Lipinski definition) is 3. The monoisotopic (exact) mass is 239 g/mol. The minimum Gasteiger partial charge on any atom is -0.336 e. The quantitative estimate of drug-likeness (QED) is 0.786. The molecule has 0 spiro atoms. The van der Waals surface area contributed by atoms with Gasteiger partial charge in [0.15, 0.2) is 0 Å². The molecular formula is C13H25N3O. The van der Waals surface area contributed by atoms with Gasteiger partial charge in [-0.2, -0.15) is 0 Å². The van der Waals surface area contributed by atoms with Crippen molar-refractivity contribution in [3.63, 3.8) is 0 Å². The first-order chi connectivity index (χ1) is 8.09. The van der Waals surface area contributed by atoms with Gasteiger partial charge in [-0.3, -0.25) is 9.69 Å². The van der Waals surface area contributed by atoms with E-state index >= 15 is 0 Å². The van der Waals surface area contributed by atoms with E-state index in [4.69, 9.17) is 0 Å². The Morgan fingerprint density at radius 2 is 1.88 bits per heavy atom. The zero-order chi connectivity index (χ0) is 12.4. The summed E-state index contributed by atoms with van der Waals surface area (Å²) in [6.45, 7) is 6.97.